The van der Waals surface area contributed by atoms with E-state index in [1.807, 2.05) is 0 Å². The molecule has 0 aliphatic heterocycles. The van der Waals surface area contributed by atoms with Crippen molar-refractivity contribution < 1.29 is 0 Å². The molecular formula is C16H31N. The molecule has 2 saturated carbocycles. The summed E-state index contributed by atoms with van der Waals surface area (Å²) in [5, 5.41) is 3.88. The maximum Gasteiger partial charge on any atom is 0.00774 e. The first kappa shape index (κ1) is 13.4. The van der Waals surface area contributed by atoms with Crippen LogP contribution in [0, 0.1) is 16.2 Å². The van der Waals surface area contributed by atoms with Gasteiger partial charge in [0.25, 0.3) is 0 Å². The minimum atomic E-state index is 0.514. The van der Waals surface area contributed by atoms with E-state index >= 15 is 0 Å². The second-order valence-corrected chi connectivity index (χ2v) is 8.66. The van der Waals surface area contributed by atoms with Crippen molar-refractivity contribution in [2.45, 2.75) is 79.2 Å². The van der Waals surface area contributed by atoms with Gasteiger partial charge < -0.3 is 5.32 Å². The molecule has 2 rings (SSSR count). The lowest BCUT2D eigenvalue weighted by molar-refractivity contribution is 0.0702. The van der Waals surface area contributed by atoms with Crippen LogP contribution in [0.1, 0.15) is 73.1 Å². The van der Waals surface area contributed by atoms with Crippen molar-refractivity contribution in [1.29, 1.82) is 0 Å². The van der Waals surface area contributed by atoms with Crippen LogP contribution >= 0.6 is 0 Å². The van der Waals surface area contributed by atoms with Crippen molar-refractivity contribution in [2.75, 3.05) is 6.54 Å². The summed E-state index contributed by atoms with van der Waals surface area (Å²) in [5.41, 5.74) is 1.64. The Balaban J connectivity index is 1.87. The average Bonchev–Trinajstić information content (AvgIpc) is 2.06. The summed E-state index contributed by atoms with van der Waals surface area (Å²) in [6.07, 6.45) is 8.38. The molecule has 0 atom stereocenters. The highest BCUT2D eigenvalue weighted by atomic mass is 14.9. The van der Waals surface area contributed by atoms with E-state index < -0.39 is 0 Å². The van der Waals surface area contributed by atoms with Gasteiger partial charge in [-0.15, -0.1) is 0 Å². The van der Waals surface area contributed by atoms with Crippen molar-refractivity contribution in [2.24, 2.45) is 16.2 Å². The van der Waals surface area contributed by atoms with E-state index in [9.17, 15) is 0 Å². The third-order valence-electron chi connectivity index (χ3n) is 4.93. The van der Waals surface area contributed by atoms with Gasteiger partial charge in [-0.05, 0) is 48.3 Å². The zero-order valence-electron chi connectivity index (χ0n) is 12.5. The van der Waals surface area contributed by atoms with Gasteiger partial charge in [0.2, 0.25) is 0 Å². The zero-order valence-corrected chi connectivity index (χ0v) is 12.5. The van der Waals surface area contributed by atoms with Gasteiger partial charge in [0.05, 0.1) is 0 Å². The van der Waals surface area contributed by atoms with Crippen molar-refractivity contribution >= 4 is 0 Å². The molecule has 17 heavy (non-hydrogen) atoms. The van der Waals surface area contributed by atoms with Gasteiger partial charge in [-0.2, -0.15) is 0 Å². The lowest BCUT2D eigenvalue weighted by Crippen LogP contribution is -2.48. The molecule has 0 spiro atoms. The molecule has 0 aromatic heterocycles. The fourth-order valence-electron chi connectivity index (χ4n) is 4.34. The molecule has 0 aromatic rings. The fourth-order valence-corrected chi connectivity index (χ4v) is 4.34. The first-order valence-electron chi connectivity index (χ1n) is 7.43. The number of hydrogen-bond donors (Lipinski definition) is 1. The highest BCUT2D eigenvalue weighted by Gasteiger charge is 2.39. The Labute approximate surface area is 108 Å². The quantitative estimate of drug-likeness (QED) is 0.768. The summed E-state index contributed by atoms with van der Waals surface area (Å²) in [7, 11) is 0. The predicted octanol–water partition coefficient (Wildman–Crippen LogP) is 4.37. The van der Waals surface area contributed by atoms with Crippen molar-refractivity contribution in [1.82, 2.24) is 5.32 Å². The predicted molar refractivity (Wildman–Crippen MR) is 75.2 cm³/mol. The molecule has 1 heteroatoms. The smallest absolute Gasteiger partial charge is 0.00774 e. The fraction of sp³-hybridized carbons (Fsp3) is 1.00. The molecular weight excluding hydrogens is 206 g/mol. The van der Waals surface area contributed by atoms with Crippen LogP contribution in [0.5, 0.6) is 0 Å². The van der Waals surface area contributed by atoms with Gasteiger partial charge in [0.15, 0.2) is 0 Å². The Bertz CT molecular complexity index is 257. The van der Waals surface area contributed by atoms with Crippen LogP contribution in [0.4, 0.5) is 0 Å². The molecule has 1 N–H and O–H groups in total. The topological polar surface area (TPSA) is 12.0 Å². The largest absolute Gasteiger partial charge is 0.313 e. The van der Waals surface area contributed by atoms with Gasteiger partial charge in [-0.1, -0.05) is 41.0 Å². The number of hydrogen-bond acceptors (Lipinski definition) is 1. The van der Waals surface area contributed by atoms with E-state index in [2.05, 4.69) is 39.9 Å². The standard InChI is InChI=1S/C16H31N/c1-14(2)9-13(10-15(3,4)11-14)17-12-16(5)7-6-8-16/h13,17H,6-12H2,1-5H3. The number of rotatable bonds is 3. The van der Waals surface area contributed by atoms with Crippen molar-refractivity contribution in [3.63, 3.8) is 0 Å². The van der Waals surface area contributed by atoms with Crippen LogP contribution in [0.2, 0.25) is 0 Å². The molecule has 0 unspecified atom stereocenters. The molecule has 0 aromatic carbocycles. The first-order valence-corrected chi connectivity index (χ1v) is 7.43. The van der Waals surface area contributed by atoms with Crippen molar-refractivity contribution in [3.8, 4) is 0 Å². The molecule has 0 radical (unpaired) electrons. The number of nitrogens with one attached hydrogen (secondary N) is 1. The van der Waals surface area contributed by atoms with E-state index in [4.69, 9.17) is 0 Å². The summed E-state index contributed by atoms with van der Waals surface area (Å²) < 4.78 is 0. The van der Waals surface area contributed by atoms with Gasteiger partial charge in [0, 0.05) is 12.6 Å². The van der Waals surface area contributed by atoms with E-state index in [1.165, 1.54) is 45.1 Å². The molecule has 0 bridgehead atoms. The summed E-state index contributed by atoms with van der Waals surface area (Å²) >= 11 is 0. The second kappa shape index (κ2) is 4.26. The Morgan fingerprint density at radius 3 is 1.88 bits per heavy atom. The maximum absolute atomic E-state index is 3.88. The van der Waals surface area contributed by atoms with Crippen LogP contribution in [-0.4, -0.2) is 12.6 Å². The lowest BCUT2D eigenvalue weighted by atomic mass is 9.63. The van der Waals surface area contributed by atoms with Crippen LogP contribution < -0.4 is 5.32 Å². The molecule has 2 aliphatic rings. The Morgan fingerprint density at radius 1 is 0.941 bits per heavy atom. The van der Waals surface area contributed by atoms with Gasteiger partial charge in [-0.25, -0.2) is 0 Å². The molecule has 1 nitrogen and oxygen atoms in total. The minimum absolute atomic E-state index is 0.514. The van der Waals surface area contributed by atoms with E-state index in [1.54, 1.807) is 0 Å². The maximum atomic E-state index is 3.88. The summed E-state index contributed by atoms with van der Waals surface area (Å²) in [4.78, 5) is 0. The summed E-state index contributed by atoms with van der Waals surface area (Å²) in [6, 6.07) is 0.742. The summed E-state index contributed by atoms with van der Waals surface area (Å²) in [6.45, 7) is 13.4. The van der Waals surface area contributed by atoms with E-state index in [-0.39, 0.29) is 0 Å². The molecule has 2 fully saturated rings. The molecule has 2 aliphatic carbocycles. The Kier molecular flexibility index (Phi) is 3.36. The highest BCUT2D eigenvalue weighted by molar-refractivity contribution is 4.94. The third-order valence-corrected chi connectivity index (χ3v) is 4.93. The Morgan fingerprint density at radius 2 is 1.47 bits per heavy atom. The first-order chi connectivity index (χ1) is 7.70. The van der Waals surface area contributed by atoms with E-state index in [0.717, 1.165) is 6.04 Å². The SMILES string of the molecule is CC1(C)CC(NCC2(C)CCC2)CC(C)(C)C1. The van der Waals surface area contributed by atoms with Crippen LogP contribution in [0.15, 0.2) is 0 Å². The van der Waals surface area contributed by atoms with Gasteiger partial charge >= 0.3 is 0 Å². The highest BCUT2D eigenvalue weighted by Crippen LogP contribution is 2.46. The lowest BCUT2D eigenvalue weighted by Gasteiger charge is -2.47. The molecule has 100 valence electrons. The van der Waals surface area contributed by atoms with Crippen LogP contribution in [-0.2, 0) is 0 Å². The molecule has 0 amide bonds. The van der Waals surface area contributed by atoms with Crippen LogP contribution in [0.25, 0.3) is 0 Å². The molecule has 0 saturated heterocycles. The third kappa shape index (κ3) is 3.47. The minimum Gasteiger partial charge on any atom is -0.313 e. The monoisotopic (exact) mass is 237 g/mol. The second-order valence-electron chi connectivity index (χ2n) is 8.66. The zero-order chi connectivity index (χ0) is 12.7. The Hall–Kier alpha value is -0.0400. The van der Waals surface area contributed by atoms with Crippen LogP contribution in [0.3, 0.4) is 0 Å². The van der Waals surface area contributed by atoms with E-state index in [0.29, 0.717) is 16.2 Å². The average molecular weight is 237 g/mol. The summed E-state index contributed by atoms with van der Waals surface area (Å²) in [5.74, 6) is 0. The van der Waals surface area contributed by atoms with Gasteiger partial charge in [-0.3, -0.25) is 0 Å². The molecule has 0 heterocycles. The van der Waals surface area contributed by atoms with Gasteiger partial charge in [0.1, 0.15) is 0 Å². The normalized spacial score (nSPS) is 30.9. The van der Waals surface area contributed by atoms with Crippen molar-refractivity contribution in [3.05, 3.63) is 0 Å².